The van der Waals surface area contributed by atoms with Crippen LogP contribution < -0.4 is 5.32 Å². The Labute approximate surface area is 86.2 Å². The molecule has 84 valence electrons. The molecule has 0 aromatic rings. The zero-order chi connectivity index (χ0) is 10.6. The average molecular weight is 228 g/mol. The second kappa shape index (κ2) is 5.23. The summed E-state index contributed by atoms with van der Waals surface area (Å²) in [6.07, 6.45) is -4.09. The van der Waals surface area contributed by atoms with Crippen LogP contribution in [0.1, 0.15) is 0 Å². The molecule has 2 nitrogen and oxygen atoms in total. The molecule has 0 amide bonds. The second-order valence-electron chi connectivity index (χ2n) is 3.54. The summed E-state index contributed by atoms with van der Waals surface area (Å²) < 4.78 is 36.0. The third kappa shape index (κ3) is 5.07. The Kier molecular flexibility index (Phi) is 4.53. The number of nitrogens with one attached hydrogen (secondary N) is 1. The lowest BCUT2D eigenvalue weighted by Crippen LogP contribution is -2.46. The number of hydrogen-bond donors (Lipinski definition) is 1. The summed E-state index contributed by atoms with van der Waals surface area (Å²) in [6, 6.07) is 0.195. The number of likely N-dealkylation sites (N-methyl/N-ethyl adjacent to an activating group) is 1. The molecule has 1 heterocycles. The van der Waals surface area contributed by atoms with Gasteiger partial charge >= 0.3 is 6.18 Å². The monoisotopic (exact) mass is 228 g/mol. The maximum atomic E-state index is 12.0. The fourth-order valence-electron chi connectivity index (χ4n) is 1.48. The van der Waals surface area contributed by atoms with Crippen molar-refractivity contribution in [3.05, 3.63) is 0 Å². The molecule has 0 saturated carbocycles. The summed E-state index contributed by atoms with van der Waals surface area (Å²) in [4.78, 5) is 1.32. The Morgan fingerprint density at radius 2 is 2.21 bits per heavy atom. The minimum atomic E-state index is -4.09. The Hall–Kier alpha value is 0.0600. The summed E-state index contributed by atoms with van der Waals surface area (Å²) in [5.74, 6) is 1.96. The van der Waals surface area contributed by atoms with Crippen LogP contribution in [0.3, 0.4) is 0 Å². The van der Waals surface area contributed by atoms with Gasteiger partial charge in [0, 0.05) is 30.6 Å². The first-order valence-electron chi connectivity index (χ1n) is 4.54. The Morgan fingerprint density at radius 1 is 1.50 bits per heavy atom. The summed E-state index contributed by atoms with van der Waals surface area (Å²) in [5, 5.41) is 3.21. The Balaban J connectivity index is 2.21. The predicted molar refractivity (Wildman–Crippen MR) is 52.7 cm³/mol. The molecule has 1 saturated heterocycles. The summed E-state index contributed by atoms with van der Waals surface area (Å²) >= 11 is 1.79. The first-order valence-corrected chi connectivity index (χ1v) is 5.69. The first-order chi connectivity index (χ1) is 6.47. The molecule has 1 fully saturated rings. The molecule has 14 heavy (non-hydrogen) atoms. The highest BCUT2D eigenvalue weighted by molar-refractivity contribution is 7.99. The van der Waals surface area contributed by atoms with Crippen LogP contribution in [0.2, 0.25) is 0 Å². The van der Waals surface area contributed by atoms with E-state index in [-0.39, 0.29) is 6.04 Å². The van der Waals surface area contributed by atoms with E-state index >= 15 is 0 Å². The molecule has 1 aliphatic heterocycles. The van der Waals surface area contributed by atoms with Crippen LogP contribution in [-0.4, -0.2) is 55.3 Å². The van der Waals surface area contributed by atoms with Gasteiger partial charge < -0.3 is 5.32 Å². The van der Waals surface area contributed by atoms with Crippen molar-refractivity contribution in [1.29, 1.82) is 0 Å². The lowest BCUT2D eigenvalue weighted by molar-refractivity contribution is -0.143. The topological polar surface area (TPSA) is 15.3 Å². The molecular weight excluding hydrogens is 213 g/mol. The normalized spacial score (nSPS) is 24.2. The third-order valence-corrected chi connectivity index (χ3v) is 3.11. The minimum Gasteiger partial charge on any atom is -0.311 e. The van der Waals surface area contributed by atoms with Crippen molar-refractivity contribution >= 4 is 11.8 Å². The van der Waals surface area contributed by atoms with E-state index in [1.165, 1.54) is 11.9 Å². The van der Waals surface area contributed by atoms with E-state index in [9.17, 15) is 13.2 Å². The van der Waals surface area contributed by atoms with Gasteiger partial charge in [-0.2, -0.15) is 24.9 Å². The Bertz CT molecular complexity index is 168. The summed E-state index contributed by atoms with van der Waals surface area (Å²) in [7, 11) is 1.51. The van der Waals surface area contributed by atoms with Gasteiger partial charge in [-0.1, -0.05) is 0 Å². The van der Waals surface area contributed by atoms with Crippen LogP contribution >= 0.6 is 11.8 Å². The van der Waals surface area contributed by atoms with Crippen LogP contribution in [0, 0.1) is 0 Å². The van der Waals surface area contributed by atoms with Gasteiger partial charge in [0.2, 0.25) is 0 Å². The first kappa shape index (κ1) is 12.1. The lowest BCUT2D eigenvalue weighted by atomic mass is 10.3. The molecule has 0 aromatic heterocycles. The van der Waals surface area contributed by atoms with Crippen molar-refractivity contribution in [2.75, 3.05) is 38.2 Å². The van der Waals surface area contributed by atoms with E-state index < -0.39 is 12.7 Å². The number of thioether (sulfide) groups is 1. The maximum Gasteiger partial charge on any atom is 0.401 e. The number of halogens is 3. The smallest absolute Gasteiger partial charge is 0.311 e. The van der Waals surface area contributed by atoms with Crippen molar-refractivity contribution in [2.24, 2.45) is 0 Å². The van der Waals surface area contributed by atoms with E-state index in [1.807, 2.05) is 0 Å². The van der Waals surface area contributed by atoms with Gasteiger partial charge in [0.15, 0.2) is 0 Å². The SMILES string of the molecule is CN(CC1CSCCN1)CC(F)(F)F. The van der Waals surface area contributed by atoms with Crippen molar-refractivity contribution in [3.8, 4) is 0 Å². The molecule has 1 aliphatic rings. The Morgan fingerprint density at radius 3 is 2.71 bits per heavy atom. The van der Waals surface area contributed by atoms with Gasteiger partial charge in [-0.05, 0) is 7.05 Å². The van der Waals surface area contributed by atoms with Gasteiger partial charge in [0.25, 0.3) is 0 Å². The van der Waals surface area contributed by atoms with E-state index in [0.29, 0.717) is 6.54 Å². The predicted octanol–water partition coefficient (Wildman–Crippen LogP) is 1.19. The highest BCUT2D eigenvalue weighted by atomic mass is 32.2. The quantitative estimate of drug-likeness (QED) is 0.781. The highest BCUT2D eigenvalue weighted by Crippen LogP contribution is 2.16. The standard InChI is InChI=1S/C8H15F3N2S/c1-13(6-8(9,10)11)4-7-5-14-3-2-12-7/h7,12H,2-6H2,1H3. The van der Waals surface area contributed by atoms with Gasteiger partial charge in [-0.25, -0.2) is 0 Å². The summed E-state index contributed by atoms with van der Waals surface area (Å²) in [5.41, 5.74) is 0. The zero-order valence-corrected chi connectivity index (χ0v) is 8.92. The number of alkyl halides is 3. The van der Waals surface area contributed by atoms with Gasteiger partial charge in [0.05, 0.1) is 6.54 Å². The van der Waals surface area contributed by atoms with Crippen LogP contribution in [0.5, 0.6) is 0 Å². The molecule has 1 N–H and O–H groups in total. The molecule has 6 heteroatoms. The van der Waals surface area contributed by atoms with Crippen LogP contribution in [-0.2, 0) is 0 Å². The van der Waals surface area contributed by atoms with Gasteiger partial charge in [-0.15, -0.1) is 0 Å². The van der Waals surface area contributed by atoms with E-state index in [0.717, 1.165) is 18.1 Å². The van der Waals surface area contributed by atoms with E-state index in [4.69, 9.17) is 0 Å². The largest absolute Gasteiger partial charge is 0.401 e. The second-order valence-corrected chi connectivity index (χ2v) is 4.69. The van der Waals surface area contributed by atoms with E-state index in [2.05, 4.69) is 5.32 Å². The minimum absolute atomic E-state index is 0.195. The maximum absolute atomic E-state index is 12.0. The molecule has 1 atom stereocenters. The molecular formula is C8H15F3N2S. The molecule has 1 rings (SSSR count). The van der Waals surface area contributed by atoms with Crippen LogP contribution in [0.15, 0.2) is 0 Å². The molecule has 1 unspecified atom stereocenters. The van der Waals surface area contributed by atoms with Crippen molar-refractivity contribution in [3.63, 3.8) is 0 Å². The fraction of sp³-hybridized carbons (Fsp3) is 1.00. The van der Waals surface area contributed by atoms with Gasteiger partial charge in [0.1, 0.15) is 0 Å². The number of nitrogens with zero attached hydrogens (tertiary/aromatic N) is 1. The van der Waals surface area contributed by atoms with E-state index in [1.54, 1.807) is 11.8 Å². The molecule has 0 spiro atoms. The molecule has 0 aliphatic carbocycles. The molecule has 0 aromatic carbocycles. The lowest BCUT2D eigenvalue weighted by Gasteiger charge is -2.28. The highest BCUT2D eigenvalue weighted by Gasteiger charge is 2.30. The number of hydrogen-bond acceptors (Lipinski definition) is 3. The number of rotatable bonds is 3. The fourth-order valence-corrected chi connectivity index (χ4v) is 2.42. The third-order valence-electron chi connectivity index (χ3n) is 1.98. The van der Waals surface area contributed by atoms with Crippen LogP contribution in [0.4, 0.5) is 13.2 Å². The average Bonchev–Trinajstić information content (AvgIpc) is 2.02. The van der Waals surface area contributed by atoms with Crippen molar-refractivity contribution < 1.29 is 13.2 Å². The molecule has 0 radical (unpaired) electrons. The van der Waals surface area contributed by atoms with Crippen molar-refractivity contribution in [2.45, 2.75) is 12.2 Å². The zero-order valence-electron chi connectivity index (χ0n) is 8.10. The molecule has 0 bridgehead atoms. The van der Waals surface area contributed by atoms with Gasteiger partial charge in [-0.3, -0.25) is 4.90 Å². The van der Waals surface area contributed by atoms with Crippen LogP contribution in [0.25, 0.3) is 0 Å². The summed E-state index contributed by atoms with van der Waals surface area (Å²) in [6.45, 7) is 0.539. The van der Waals surface area contributed by atoms with Crippen molar-refractivity contribution in [1.82, 2.24) is 10.2 Å².